The molecule has 6 N–H and O–H groups in total. The second-order valence-electron chi connectivity index (χ2n) is 4.87. The summed E-state index contributed by atoms with van der Waals surface area (Å²) in [7, 11) is -10.7. The molecule has 142 valence electrons. The molecule has 0 amide bonds. The molecule has 0 aliphatic carbocycles. The van der Waals surface area contributed by atoms with Crippen LogP contribution in [0, 0.1) is 0 Å². The third-order valence-corrected chi connectivity index (χ3v) is 5.27. The van der Waals surface area contributed by atoms with E-state index in [0.717, 1.165) is 16.8 Å². The van der Waals surface area contributed by atoms with Gasteiger partial charge in [0, 0.05) is 12.3 Å². The Hall–Kier alpha value is -1.18. The van der Waals surface area contributed by atoms with Crippen molar-refractivity contribution in [2.75, 3.05) is 6.61 Å². The molecule has 1 aromatic rings. The van der Waals surface area contributed by atoms with Gasteiger partial charge in [-0.15, -0.1) is 0 Å². The number of aromatic amines is 1. The standard InChI is InChI=1S/C9H14N2O12P2/c12-3-4-7(22-25(19,20)23-24(16,17)18)6(14)8(21-4)11-2-1-5(13)10-9(11)15/h1-2,4,6-8,12,14H,3H2,(H,19,20)(H,10,13,15)(H2,16,17,18)/t4-,6-,7-,8-/m1/s1. The van der Waals surface area contributed by atoms with Crippen molar-refractivity contribution >= 4 is 15.6 Å². The maximum absolute atomic E-state index is 11.7. The fourth-order valence-corrected chi connectivity index (χ4v) is 3.96. The third kappa shape index (κ3) is 4.92. The number of ether oxygens (including phenoxy) is 1. The molecule has 1 fully saturated rings. The molecule has 2 rings (SSSR count). The Bertz CT molecular complexity index is 828. The predicted octanol–water partition coefficient (Wildman–Crippen LogP) is -2.62. The van der Waals surface area contributed by atoms with E-state index in [2.05, 4.69) is 8.83 Å². The molecule has 1 aromatic heterocycles. The van der Waals surface area contributed by atoms with Crippen LogP contribution < -0.4 is 11.2 Å². The van der Waals surface area contributed by atoms with E-state index < -0.39 is 58.0 Å². The normalized spacial score (nSPS) is 29.5. The summed E-state index contributed by atoms with van der Waals surface area (Å²) in [5.41, 5.74) is -1.71. The van der Waals surface area contributed by atoms with Crippen molar-refractivity contribution in [3.63, 3.8) is 0 Å². The van der Waals surface area contributed by atoms with Crippen molar-refractivity contribution in [3.8, 4) is 0 Å². The topological polar surface area (TPSA) is 218 Å². The fraction of sp³-hybridized carbons (Fsp3) is 0.556. The lowest BCUT2D eigenvalue weighted by molar-refractivity contribution is -0.0548. The first-order valence-corrected chi connectivity index (χ1v) is 9.50. The molecule has 1 saturated heterocycles. The Morgan fingerprint density at radius 2 is 1.92 bits per heavy atom. The maximum Gasteiger partial charge on any atom is 0.481 e. The zero-order valence-corrected chi connectivity index (χ0v) is 13.9. The molecule has 0 radical (unpaired) electrons. The van der Waals surface area contributed by atoms with E-state index in [1.54, 1.807) is 0 Å². The van der Waals surface area contributed by atoms with Crippen molar-refractivity contribution in [3.05, 3.63) is 33.1 Å². The molecule has 1 aliphatic rings. The Balaban J connectivity index is 2.28. The number of nitrogens with zero attached hydrogens (tertiary/aromatic N) is 1. The Kier molecular flexibility index (Phi) is 5.81. The quantitative estimate of drug-likeness (QED) is 0.269. The molecule has 25 heavy (non-hydrogen) atoms. The Morgan fingerprint density at radius 1 is 1.28 bits per heavy atom. The molecule has 5 atom stereocenters. The van der Waals surface area contributed by atoms with Crippen LogP contribution >= 0.6 is 15.6 Å². The van der Waals surface area contributed by atoms with Crippen LogP contribution in [0.2, 0.25) is 0 Å². The first-order chi connectivity index (χ1) is 11.4. The van der Waals surface area contributed by atoms with Crippen LogP contribution in [0.1, 0.15) is 6.23 Å². The molecule has 0 spiro atoms. The molecule has 1 aliphatic heterocycles. The van der Waals surface area contributed by atoms with Crippen LogP contribution in [-0.2, 0) is 22.7 Å². The number of phosphoric ester groups is 1. The molecule has 2 heterocycles. The molecular weight excluding hydrogens is 390 g/mol. The minimum Gasteiger partial charge on any atom is -0.394 e. The Labute approximate surface area is 138 Å². The van der Waals surface area contributed by atoms with E-state index in [0.29, 0.717) is 0 Å². The first-order valence-electron chi connectivity index (χ1n) is 6.47. The summed E-state index contributed by atoms with van der Waals surface area (Å²) in [5.74, 6) is 0. The van der Waals surface area contributed by atoms with Gasteiger partial charge in [-0.25, -0.2) is 13.9 Å². The smallest absolute Gasteiger partial charge is 0.394 e. The zero-order chi connectivity index (χ0) is 19.0. The van der Waals surface area contributed by atoms with Gasteiger partial charge in [-0.05, 0) is 0 Å². The van der Waals surface area contributed by atoms with Gasteiger partial charge in [0.05, 0.1) is 6.61 Å². The van der Waals surface area contributed by atoms with E-state index in [1.165, 1.54) is 0 Å². The van der Waals surface area contributed by atoms with Gasteiger partial charge < -0.3 is 29.6 Å². The lowest BCUT2D eigenvalue weighted by Crippen LogP contribution is -2.38. The minimum atomic E-state index is -5.40. The van der Waals surface area contributed by atoms with Gasteiger partial charge in [-0.3, -0.25) is 18.9 Å². The Morgan fingerprint density at radius 3 is 2.44 bits per heavy atom. The molecule has 0 bridgehead atoms. The number of H-pyrrole nitrogens is 1. The van der Waals surface area contributed by atoms with Gasteiger partial charge >= 0.3 is 21.3 Å². The summed E-state index contributed by atoms with van der Waals surface area (Å²) in [4.78, 5) is 51.1. The van der Waals surface area contributed by atoms with Crippen molar-refractivity contribution in [1.82, 2.24) is 9.55 Å². The highest BCUT2D eigenvalue weighted by atomic mass is 31.3. The largest absolute Gasteiger partial charge is 0.481 e. The number of hydrogen-bond donors (Lipinski definition) is 6. The van der Waals surface area contributed by atoms with E-state index in [4.69, 9.17) is 14.5 Å². The van der Waals surface area contributed by atoms with Gasteiger partial charge in [-0.1, -0.05) is 0 Å². The van der Waals surface area contributed by atoms with Gasteiger partial charge in [0.15, 0.2) is 6.23 Å². The van der Waals surface area contributed by atoms with Crippen LogP contribution in [0.25, 0.3) is 0 Å². The SMILES string of the molecule is O=c1ccn([C@@H]2O[C@H](CO)[C@@H](OP(=O)(O)OP(=O)(O)O)[C@H]2O)c(=O)[nH]1. The summed E-state index contributed by atoms with van der Waals surface area (Å²) in [5, 5.41) is 19.4. The highest BCUT2D eigenvalue weighted by Crippen LogP contribution is 2.59. The number of nitrogens with one attached hydrogen (secondary N) is 1. The molecule has 0 saturated carbocycles. The summed E-state index contributed by atoms with van der Waals surface area (Å²) >= 11 is 0. The van der Waals surface area contributed by atoms with E-state index in [9.17, 15) is 33.8 Å². The summed E-state index contributed by atoms with van der Waals surface area (Å²) < 4.78 is 36.2. The van der Waals surface area contributed by atoms with Gasteiger partial charge in [0.25, 0.3) is 5.56 Å². The van der Waals surface area contributed by atoms with E-state index >= 15 is 0 Å². The van der Waals surface area contributed by atoms with Crippen LogP contribution in [0.15, 0.2) is 21.9 Å². The number of aliphatic hydroxyl groups is 2. The highest BCUT2D eigenvalue weighted by Gasteiger charge is 2.50. The zero-order valence-electron chi connectivity index (χ0n) is 12.1. The summed E-state index contributed by atoms with van der Waals surface area (Å²) in [6.07, 6.45) is -5.62. The number of phosphoric acid groups is 2. The van der Waals surface area contributed by atoms with Crippen LogP contribution in [0.5, 0.6) is 0 Å². The summed E-state index contributed by atoms with van der Waals surface area (Å²) in [6.45, 7) is -0.841. The van der Waals surface area contributed by atoms with Crippen LogP contribution in [0.3, 0.4) is 0 Å². The van der Waals surface area contributed by atoms with Crippen molar-refractivity contribution in [2.45, 2.75) is 24.5 Å². The monoisotopic (exact) mass is 404 g/mol. The van der Waals surface area contributed by atoms with Crippen molar-refractivity contribution in [1.29, 1.82) is 0 Å². The molecular formula is C9H14N2O12P2. The van der Waals surface area contributed by atoms with Gasteiger partial charge in [0.2, 0.25) is 0 Å². The maximum atomic E-state index is 11.7. The highest BCUT2D eigenvalue weighted by molar-refractivity contribution is 7.60. The molecule has 14 nitrogen and oxygen atoms in total. The van der Waals surface area contributed by atoms with Crippen molar-refractivity contribution < 1.29 is 47.6 Å². The number of rotatable bonds is 6. The lowest BCUT2D eigenvalue weighted by atomic mass is 10.1. The van der Waals surface area contributed by atoms with Gasteiger partial charge in [-0.2, -0.15) is 4.31 Å². The van der Waals surface area contributed by atoms with E-state index in [-0.39, 0.29) is 0 Å². The molecule has 0 aromatic carbocycles. The average molecular weight is 404 g/mol. The third-order valence-electron chi connectivity index (χ3n) is 3.08. The average Bonchev–Trinajstić information content (AvgIpc) is 2.73. The number of hydrogen-bond acceptors (Lipinski definition) is 9. The second kappa shape index (κ2) is 7.21. The van der Waals surface area contributed by atoms with Crippen LogP contribution in [-0.4, -0.2) is 59.4 Å². The summed E-state index contributed by atoms with van der Waals surface area (Å²) in [6, 6.07) is 0.938. The first kappa shape index (κ1) is 20.1. The lowest BCUT2D eigenvalue weighted by Gasteiger charge is -2.22. The second-order valence-corrected chi connectivity index (χ2v) is 7.65. The molecule has 16 heteroatoms. The fourth-order valence-electron chi connectivity index (χ4n) is 2.16. The number of aliphatic hydroxyl groups excluding tert-OH is 2. The van der Waals surface area contributed by atoms with Gasteiger partial charge in [0.1, 0.15) is 18.3 Å². The van der Waals surface area contributed by atoms with Crippen molar-refractivity contribution in [2.24, 2.45) is 0 Å². The number of aromatic nitrogens is 2. The van der Waals surface area contributed by atoms with Crippen LogP contribution in [0.4, 0.5) is 0 Å². The molecule has 1 unspecified atom stereocenters. The predicted molar refractivity (Wildman–Crippen MR) is 76.2 cm³/mol. The minimum absolute atomic E-state index is 0.726. The van der Waals surface area contributed by atoms with E-state index in [1.807, 2.05) is 4.98 Å².